The maximum atomic E-state index is 5.53. The first-order chi connectivity index (χ1) is 9.20. The van der Waals surface area contributed by atoms with Crippen molar-refractivity contribution in [1.82, 2.24) is 20.0 Å². The van der Waals surface area contributed by atoms with Gasteiger partial charge in [0.15, 0.2) is 5.82 Å². The summed E-state index contributed by atoms with van der Waals surface area (Å²) in [5, 5.41) is 4.03. The monoisotopic (exact) mass is 262 g/mol. The van der Waals surface area contributed by atoms with Gasteiger partial charge in [-0.25, -0.2) is 4.98 Å². The van der Waals surface area contributed by atoms with Crippen molar-refractivity contribution in [3.63, 3.8) is 0 Å². The lowest BCUT2D eigenvalue weighted by Crippen LogP contribution is -2.34. The molecule has 1 aliphatic heterocycles. The van der Waals surface area contributed by atoms with E-state index in [1.165, 1.54) is 0 Å². The molecule has 0 amide bonds. The summed E-state index contributed by atoms with van der Waals surface area (Å²) >= 11 is 0. The van der Waals surface area contributed by atoms with Crippen LogP contribution < -0.4 is 0 Å². The summed E-state index contributed by atoms with van der Waals surface area (Å²) in [7, 11) is 0. The second-order valence-corrected chi connectivity index (χ2v) is 5.11. The minimum atomic E-state index is 0.349. The van der Waals surface area contributed by atoms with E-state index in [1.807, 2.05) is 13.8 Å². The summed E-state index contributed by atoms with van der Waals surface area (Å²) in [6.45, 7) is 6.49. The van der Waals surface area contributed by atoms with Gasteiger partial charge in [-0.05, 0) is 26.3 Å². The summed E-state index contributed by atoms with van der Waals surface area (Å²) < 4.78 is 10.6. The van der Waals surface area contributed by atoms with Crippen LogP contribution in [0.5, 0.6) is 0 Å². The Morgan fingerprint density at radius 3 is 3.00 bits per heavy atom. The van der Waals surface area contributed by atoms with E-state index >= 15 is 0 Å². The Morgan fingerprint density at radius 1 is 1.42 bits per heavy atom. The Bertz CT molecular complexity index is 548. The van der Waals surface area contributed by atoms with Crippen molar-refractivity contribution in [3.8, 4) is 0 Å². The molecule has 1 atom stereocenters. The molecule has 0 N–H and O–H groups in total. The van der Waals surface area contributed by atoms with Crippen LogP contribution in [0.3, 0.4) is 0 Å². The number of piperidine rings is 1. The van der Waals surface area contributed by atoms with E-state index in [1.54, 1.807) is 6.20 Å². The van der Waals surface area contributed by atoms with E-state index in [0.29, 0.717) is 11.8 Å². The zero-order valence-corrected chi connectivity index (χ0v) is 11.3. The maximum absolute atomic E-state index is 5.53. The van der Waals surface area contributed by atoms with Crippen molar-refractivity contribution in [3.05, 3.63) is 29.6 Å². The fraction of sp³-hybridized carbons (Fsp3) is 0.615. The molecule has 1 saturated heterocycles. The second kappa shape index (κ2) is 5.13. The quantitative estimate of drug-likeness (QED) is 0.843. The molecule has 6 heteroatoms. The highest BCUT2D eigenvalue weighted by molar-refractivity contribution is 4.99. The number of aromatic nitrogens is 3. The van der Waals surface area contributed by atoms with Crippen molar-refractivity contribution in [1.29, 1.82) is 0 Å². The van der Waals surface area contributed by atoms with E-state index in [4.69, 9.17) is 8.94 Å². The third-order valence-electron chi connectivity index (χ3n) is 3.44. The SMILES string of the molecule is Cc1cnc(CN2CCCC(c3noc(C)n3)C2)o1. The van der Waals surface area contributed by atoms with Crippen LogP contribution in [0, 0.1) is 13.8 Å². The van der Waals surface area contributed by atoms with Gasteiger partial charge in [0.25, 0.3) is 0 Å². The fourth-order valence-electron chi connectivity index (χ4n) is 2.56. The Hall–Kier alpha value is -1.69. The van der Waals surface area contributed by atoms with Gasteiger partial charge in [0, 0.05) is 19.4 Å². The molecule has 3 heterocycles. The topological polar surface area (TPSA) is 68.2 Å². The van der Waals surface area contributed by atoms with Crippen molar-refractivity contribution >= 4 is 0 Å². The summed E-state index contributed by atoms with van der Waals surface area (Å²) in [4.78, 5) is 10.9. The third-order valence-corrected chi connectivity index (χ3v) is 3.44. The van der Waals surface area contributed by atoms with Gasteiger partial charge in [-0.15, -0.1) is 0 Å². The molecule has 0 bridgehead atoms. The zero-order valence-electron chi connectivity index (χ0n) is 11.3. The van der Waals surface area contributed by atoms with Crippen LogP contribution in [0.1, 0.15) is 42.1 Å². The number of rotatable bonds is 3. The summed E-state index contributed by atoms with van der Waals surface area (Å²) in [5.41, 5.74) is 0. The highest BCUT2D eigenvalue weighted by atomic mass is 16.5. The Morgan fingerprint density at radius 2 is 2.32 bits per heavy atom. The van der Waals surface area contributed by atoms with E-state index in [9.17, 15) is 0 Å². The van der Waals surface area contributed by atoms with Crippen LogP contribution in [0.4, 0.5) is 0 Å². The molecule has 2 aromatic heterocycles. The number of oxazole rings is 1. The van der Waals surface area contributed by atoms with Gasteiger partial charge in [0.2, 0.25) is 11.8 Å². The van der Waals surface area contributed by atoms with E-state index in [2.05, 4.69) is 20.0 Å². The third kappa shape index (κ3) is 2.84. The van der Waals surface area contributed by atoms with Gasteiger partial charge >= 0.3 is 0 Å². The Labute approximate surface area is 111 Å². The van der Waals surface area contributed by atoms with Gasteiger partial charge in [-0.2, -0.15) is 4.98 Å². The molecule has 19 heavy (non-hydrogen) atoms. The van der Waals surface area contributed by atoms with Crippen LogP contribution in [0.15, 0.2) is 15.1 Å². The predicted molar refractivity (Wildman–Crippen MR) is 67.5 cm³/mol. The lowest BCUT2D eigenvalue weighted by molar-refractivity contribution is 0.178. The first-order valence-corrected chi connectivity index (χ1v) is 6.64. The van der Waals surface area contributed by atoms with Crippen LogP contribution in [0.2, 0.25) is 0 Å². The van der Waals surface area contributed by atoms with E-state index in [0.717, 1.165) is 50.0 Å². The van der Waals surface area contributed by atoms with Crippen LogP contribution in [0.25, 0.3) is 0 Å². The summed E-state index contributed by atoms with van der Waals surface area (Å²) in [6.07, 6.45) is 4.01. The molecule has 0 saturated carbocycles. The summed E-state index contributed by atoms with van der Waals surface area (Å²) in [6, 6.07) is 0. The highest BCUT2D eigenvalue weighted by Crippen LogP contribution is 2.25. The molecule has 6 nitrogen and oxygen atoms in total. The van der Waals surface area contributed by atoms with Gasteiger partial charge in [0.05, 0.1) is 12.7 Å². The van der Waals surface area contributed by atoms with Crippen LogP contribution in [-0.2, 0) is 6.54 Å². The molecule has 1 aliphatic rings. The van der Waals surface area contributed by atoms with Crippen LogP contribution >= 0.6 is 0 Å². The molecular weight excluding hydrogens is 244 g/mol. The zero-order chi connectivity index (χ0) is 13.2. The van der Waals surface area contributed by atoms with Crippen molar-refractivity contribution in [2.45, 2.75) is 39.2 Å². The van der Waals surface area contributed by atoms with E-state index < -0.39 is 0 Å². The molecule has 102 valence electrons. The molecule has 0 radical (unpaired) electrons. The fourth-order valence-corrected chi connectivity index (χ4v) is 2.56. The van der Waals surface area contributed by atoms with Gasteiger partial charge < -0.3 is 8.94 Å². The lowest BCUT2D eigenvalue weighted by Gasteiger charge is -2.30. The Balaban J connectivity index is 1.64. The lowest BCUT2D eigenvalue weighted by atomic mass is 9.97. The number of nitrogens with zero attached hydrogens (tertiary/aromatic N) is 4. The largest absolute Gasteiger partial charge is 0.445 e. The van der Waals surface area contributed by atoms with Gasteiger partial charge in [-0.3, -0.25) is 4.90 Å². The molecule has 1 unspecified atom stereocenters. The number of aryl methyl sites for hydroxylation is 2. The minimum absolute atomic E-state index is 0.349. The predicted octanol–water partition coefficient (Wildman–Crippen LogP) is 2.05. The average Bonchev–Trinajstić information content (AvgIpc) is 2.99. The van der Waals surface area contributed by atoms with Crippen molar-refractivity contribution in [2.24, 2.45) is 0 Å². The summed E-state index contributed by atoms with van der Waals surface area (Å²) in [5.74, 6) is 3.45. The molecule has 0 spiro atoms. The van der Waals surface area contributed by atoms with Crippen molar-refractivity contribution in [2.75, 3.05) is 13.1 Å². The second-order valence-electron chi connectivity index (χ2n) is 5.11. The molecule has 2 aromatic rings. The first kappa shape index (κ1) is 12.3. The molecule has 1 fully saturated rings. The molecule has 3 rings (SSSR count). The van der Waals surface area contributed by atoms with E-state index in [-0.39, 0.29) is 0 Å². The van der Waals surface area contributed by atoms with Crippen LogP contribution in [-0.4, -0.2) is 33.1 Å². The normalized spacial score (nSPS) is 20.8. The highest BCUT2D eigenvalue weighted by Gasteiger charge is 2.25. The molecule has 0 aromatic carbocycles. The minimum Gasteiger partial charge on any atom is -0.445 e. The van der Waals surface area contributed by atoms with Gasteiger partial charge in [0.1, 0.15) is 5.76 Å². The number of hydrogen-bond donors (Lipinski definition) is 0. The van der Waals surface area contributed by atoms with Crippen molar-refractivity contribution < 1.29 is 8.94 Å². The van der Waals surface area contributed by atoms with Gasteiger partial charge in [-0.1, -0.05) is 5.16 Å². The molecule has 0 aliphatic carbocycles. The maximum Gasteiger partial charge on any atom is 0.223 e. The molecular formula is C13H18N4O2. The average molecular weight is 262 g/mol. The first-order valence-electron chi connectivity index (χ1n) is 6.64. The smallest absolute Gasteiger partial charge is 0.223 e. The Kier molecular flexibility index (Phi) is 3.33. The number of hydrogen-bond acceptors (Lipinski definition) is 6. The number of likely N-dealkylation sites (tertiary alicyclic amines) is 1. The standard InChI is InChI=1S/C13H18N4O2/c1-9-6-14-12(18-9)8-17-5-3-4-11(7-17)13-15-10(2)19-16-13/h6,11H,3-5,7-8H2,1-2H3.